The van der Waals surface area contributed by atoms with Crippen molar-refractivity contribution in [3.8, 4) is 5.75 Å². The van der Waals surface area contributed by atoms with Crippen molar-refractivity contribution in [2.45, 2.75) is 32.6 Å². The summed E-state index contributed by atoms with van der Waals surface area (Å²) in [5.74, 6) is -0.814. The molecule has 1 aliphatic heterocycles. The van der Waals surface area contributed by atoms with Crippen LogP contribution in [0.15, 0.2) is 60.0 Å². The van der Waals surface area contributed by atoms with Gasteiger partial charge in [-0.3, -0.25) is 4.79 Å². The van der Waals surface area contributed by atoms with Gasteiger partial charge in [-0.1, -0.05) is 24.3 Å². The molecular weight excluding hydrogens is 417 g/mol. The highest BCUT2D eigenvalue weighted by Gasteiger charge is 2.28. The molecule has 0 spiro atoms. The Labute approximate surface area is 184 Å². The maximum Gasteiger partial charge on any atom is 0.342 e. The van der Waals surface area contributed by atoms with Crippen LogP contribution in [-0.4, -0.2) is 29.4 Å². The fourth-order valence-corrected chi connectivity index (χ4v) is 4.36. The lowest BCUT2D eigenvalue weighted by Gasteiger charge is -2.29. The van der Waals surface area contributed by atoms with Crippen LogP contribution >= 0.6 is 11.3 Å². The summed E-state index contributed by atoms with van der Waals surface area (Å²) < 4.78 is 24.3. The predicted octanol–water partition coefficient (Wildman–Crippen LogP) is 4.60. The maximum atomic E-state index is 13.1. The molecular formula is C24H22FNO4S. The zero-order chi connectivity index (χ0) is 21.8. The van der Waals surface area contributed by atoms with Gasteiger partial charge in [-0.25, -0.2) is 9.18 Å². The Morgan fingerprint density at radius 1 is 1.13 bits per heavy atom. The molecule has 31 heavy (non-hydrogen) atoms. The second kappa shape index (κ2) is 9.31. The number of hydrogen-bond acceptors (Lipinski definition) is 5. The van der Waals surface area contributed by atoms with Crippen LogP contribution in [0.4, 0.5) is 4.39 Å². The largest absolute Gasteiger partial charge is 0.488 e. The van der Waals surface area contributed by atoms with Gasteiger partial charge in [0.15, 0.2) is 6.10 Å². The van der Waals surface area contributed by atoms with Crippen LogP contribution in [0.1, 0.15) is 33.3 Å². The van der Waals surface area contributed by atoms with E-state index < -0.39 is 12.1 Å². The molecule has 0 saturated carbocycles. The second-order valence-electron chi connectivity index (χ2n) is 7.34. The maximum absolute atomic E-state index is 13.1. The van der Waals surface area contributed by atoms with Gasteiger partial charge in [0.05, 0.1) is 0 Å². The summed E-state index contributed by atoms with van der Waals surface area (Å²) in [4.78, 5) is 28.6. The van der Waals surface area contributed by atoms with Crippen LogP contribution in [0.5, 0.6) is 5.75 Å². The number of benzene rings is 2. The fraction of sp³-hybridized carbons (Fsp3) is 0.250. The van der Waals surface area contributed by atoms with E-state index in [4.69, 9.17) is 9.47 Å². The number of amides is 1. The number of esters is 1. The van der Waals surface area contributed by atoms with Crippen molar-refractivity contribution in [2.75, 3.05) is 6.54 Å². The van der Waals surface area contributed by atoms with Crippen molar-refractivity contribution in [3.63, 3.8) is 0 Å². The number of fused-ring (bicyclic) bond motifs is 1. The highest BCUT2D eigenvalue weighted by molar-refractivity contribution is 7.10. The smallest absolute Gasteiger partial charge is 0.342 e. The van der Waals surface area contributed by atoms with Crippen LogP contribution in [0.3, 0.4) is 0 Å². The highest BCUT2D eigenvalue weighted by Crippen LogP contribution is 2.25. The van der Waals surface area contributed by atoms with Crippen molar-refractivity contribution < 1.29 is 23.5 Å². The minimum absolute atomic E-state index is 0.176. The van der Waals surface area contributed by atoms with Gasteiger partial charge in [0, 0.05) is 18.0 Å². The van der Waals surface area contributed by atoms with Crippen LogP contribution < -0.4 is 4.74 Å². The fourth-order valence-electron chi connectivity index (χ4n) is 3.47. The van der Waals surface area contributed by atoms with E-state index in [0.29, 0.717) is 18.8 Å². The molecule has 0 radical (unpaired) electrons. The van der Waals surface area contributed by atoms with Crippen LogP contribution in [0.2, 0.25) is 0 Å². The summed E-state index contributed by atoms with van der Waals surface area (Å²) in [7, 11) is 0. The number of ether oxygens (including phenoxy) is 2. The Balaban J connectivity index is 1.39. The van der Waals surface area contributed by atoms with Crippen molar-refractivity contribution >= 4 is 23.2 Å². The summed E-state index contributed by atoms with van der Waals surface area (Å²) in [5, 5.41) is 2.03. The molecule has 0 fully saturated rings. The van der Waals surface area contributed by atoms with E-state index in [2.05, 4.69) is 0 Å². The van der Waals surface area contributed by atoms with Gasteiger partial charge in [0.1, 0.15) is 23.7 Å². The highest BCUT2D eigenvalue weighted by atomic mass is 32.1. The zero-order valence-corrected chi connectivity index (χ0v) is 17.9. The lowest BCUT2D eigenvalue weighted by atomic mass is 10.1. The van der Waals surface area contributed by atoms with Crippen molar-refractivity contribution in [3.05, 3.63) is 87.4 Å². The van der Waals surface area contributed by atoms with E-state index in [9.17, 15) is 14.0 Å². The Morgan fingerprint density at radius 2 is 1.90 bits per heavy atom. The SMILES string of the molecule is CC(OC(=O)c1ccccc1OCc1ccc(F)cc1)C(=O)N1CCc2sccc2C1. The molecule has 4 rings (SSSR count). The van der Waals surface area contributed by atoms with Crippen LogP contribution in [-0.2, 0) is 29.1 Å². The Morgan fingerprint density at radius 3 is 2.71 bits per heavy atom. The molecule has 7 heteroatoms. The number of para-hydroxylation sites is 1. The Hall–Kier alpha value is -3.19. The zero-order valence-electron chi connectivity index (χ0n) is 17.0. The lowest BCUT2D eigenvalue weighted by molar-refractivity contribution is -0.140. The van der Waals surface area contributed by atoms with E-state index in [0.717, 1.165) is 17.5 Å². The standard InChI is InChI=1S/C24H22FNO4S/c1-16(23(27)26-12-10-22-18(14-26)11-13-31-22)30-24(28)20-4-2-3-5-21(20)29-15-17-6-8-19(25)9-7-17/h2-9,11,13,16H,10,12,14-15H2,1H3. The second-order valence-corrected chi connectivity index (χ2v) is 8.34. The van der Waals surface area contributed by atoms with E-state index in [1.807, 2.05) is 11.4 Å². The number of halogens is 1. The number of rotatable bonds is 6. The molecule has 0 bridgehead atoms. The number of carbonyl (C=O) groups excluding carboxylic acids is 2. The van der Waals surface area contributed by atoms with Gasteiger partial charge in [0.2, 0.25) is 0 Å². The molecule has 0 saturated heterocycles. The van der Waals surface area contributed by atoms with E-state index in [1.165, 1.54) is 17.0 Å². The van der Waals surface area contributed by atoms with Crippen molar-refractivity contribution in [1.82, 2.24) is 4.90 Å². The minimum atomic E-state index is -0.905. The third kappa shape index (κ3) is 4.94. The third-order valence-corrected chi connectivity index (χ3v) is 6.19. The number of carbonyl (C=O) groups is 2. The van der Waals surface area contributed by atoms with Crippen LogP contribution in [0.25, 0.3) is 0 Å². The monoisotopic (exact) mass is 439 g/mol. The van der Waals surface area contributed by atoms with E-state index >= 15 is 0 Å². The molecule has 160 valence electrons. The van der Waals surface area contributed by atoms with Crippen molar-refractivity contribution in [1.29, 1.82) is 0 Å². The van der Waals surface area contributed by atoms with E-state index in [1.54, 1.807) is 59.6 Å². The molecule has 1 amide bonds. The lowest BCUT2D eigenvalue weighted by Crippen LogP contribution is -2.42. The first-order chi connectivity index (χ1) is 15.0. The summed E-state index contributed by atoms with van der Waals surface area (Å²) in [6, 6.07) is 14.7. The number of nitrogens with zero attached hydrogens (tertiary/aromatic N) is 1. The Kier molecular flexibility index (Phi) is 6.32. The van der Waals surface area contributed by atoms with Crippen LogP contribution in [0, 0.1) is 5.82 Å². The van der Waals surface area contributed by atoms with Gasteiger partial charge in [-0.2, -0.15) is 0 Å². The molecule has 1 aromatic heterocycles. The summed E-state index contributed by atoms with van der Waals surface area (Å²) >= 11 is 1.70. The molecule has 1 atom stereocenters. The van der Waals surface area contributed by atoms with Gasteiger partial charge >= 0.3 is 5.97 Å². The molecule has 0 N–H and O–H groups in total. The summed E-state index contributed by atoms with van der Waals surface area (Å²) in [5.41, 5.74) is 2.16. The summed E-state index contributed by atoms with van der Waals surface area (Å²) in [6.45, 7) is 2.92. The quantitative estimate of drug-likeness (QED) is 0.527. The number of thiophene rings is 1. The molecule has 2 aromatic carbocycles. The molecule has 2 heterocycles. The predicted molar refractivity (Wildman–Crippen MR) is 115 cm³/mol. The first kappa shape index (κ1) is 21.1. The van der Waals surface area contributed by atoms with Crippen molar-refractivity contribution in [2.24, 2.45) is 0 Å². The van der Waals surface area contributed by atoms with Gasteiger partial charge in [-0.15, -0.1) is 11.3 Å². The normalized spacial score (nSPS) is 13.9. The van der Waals surface area contributed by atoms with Gasteiger partial charge in [0.25, 0.3) is 5.91 Å². The van der Waals surface area contributed by atoms with E-state index in [-0.39, 0.29) is 23.9 Å². The van der Waals surface area contributed by atoms with Gasteiger partial charge < -0.3 is 14.4 Å². The first-order valence-electron chi connectivity index (χ1n) is 10.0. The molecule has 0 aliphatic carbocycles. The molecule has 3 aromatic rings. The first-order valence-corrected chi connectivity index (χ1v) is 10.9. The molecule has 1 unspecified atom stereocenters. The van der Waals surface area contributed by atoms with Gasteiger partial charge in [-0.05, 0) is 60.2 Å². The average Bonchev–Trinajstić information content (AvgIpc) is 3.26. The summed E-state index contributed by atoms with van der Waals surface area (Å²) in [6.07, 6.45) is -0.0859. The molecule has 5 nitrogen and oxygen atoms in total. The minimum Gasteiger partial charge on any atom is -0.488 e. The average molecular weight is 440 g/mol. The topological polar surface area (TPSA) is 55.8 Å². The molecule has 1 aliphatic rings. The Bertz CT molecular complexity index is 1080. The number of hydrogen-bond donors (Lipinski definition) is 0. The third-order valence-electron chi connectivity index (χ3n) is 5.17.